The Morgan fingerprint density at radius 2 is 1.90 bits per heavy atom. The lowest BCUT2D eigenvalue weighted by molar-refractivity contribution is 0.0783. The molecule has 5 heteroatoms. The Morgan fingerprint density at radius 3 is 2.52 bits per heavy atom. The van der Waals surface area contributed by atoms with Crippen molar-refractivity contribution in [3.63, 3.8) is 0 Å². The molecule has 2 aromatic carbocycles. The predicted octanol–water partition coefficient (Wildman–Crippen LogP) is 4.58. The van der Waals surface area contributed by atoms with E-state index in [1.165, 1.54) is 17.0 Å². The van der Waals surface area contributed by atoms with E-state index >= 15 is 0 Å². The molecular weight excluding hydrogens is 353 g/mol. The SMILES string of the molecule is CSc1ccc(CN(C)C(=O)c2cc(F)ccc2Br)cc1. The number of amides is 1. The normalized spacial score (nSPS) is 10.5. The average molecular weight is 368 g/mol. The molecule has 0 atom stereocenters. The zero-order valence-corrected chi connectivity index (χ0v) is 14.2. The monoisotopic (exact) mass is 367 g/mol. The van der Waals surface area contributed by atoms with Gasteiger partial charge in [0.05, 0.1) is 5.56 Å². The molecule has 2 aromatic rings. The van der Waals surface area contributed by atoms with Crippen LogP contribution in [0.2, 0.25) is 0 Å². The van der Waals surface area contributed by atoms with Crippen molar-refractivity contribution in [3.05, 3.63) is 63.9 Å². The van der Waals surface area contributed by atoms with E-state index in [0.717, 1.165) is 5.56 Å². The summed E-state index contributed by atoms with van der Waals surface area (Å²) in [6, 6.07) is 12.2. The van der Waals surface area contributed by atoms with Crippen LogP contribution < -0.4 is 0 Å². The summed E-state index contributed by atoms with van der Waals surface area (Å²) in [6.45, 7) is 0.483. The molecule has 0 saturated heterocycles. The second-order valence-corrected chi connectivity index (χ2v) is 6.37. The third-order valence-electron chi connectivity index (χ3n) is 3.08. The van der Waals surface area contributed by atoms with Crippen molar-refractivity contribution in [1.82, 2.24) is 4.90 Å². The van der Waals surface area contributed by atoms with Crippen LogP contribution in [0.1, 0.15) is 15.9 Å². The van der Waals surface area contributed by atoms with Crippen LogP contribution in [0.25, 0.3) is 0 Å². The molecule has 0 saturated carbocycles. The van der Waals surface area contributed by atoms with Crippen LogP contribution in [0.3, 0.4) is 0 Å². The first kappa shape index (κ1) is 16.0. The lowest BCUT2D eigenvalue weighted by Gasteiger charge is -2.18. The summed E-state index contributed by atoms with van der Waals surface area (Å²) < 4.78 is 13.9. The van der Waals surface area contributed by atoms with Crippen LogP contribution in [0.4, 0.5) is 4.39 Å². The molecule has 2 nitrogen and oxygen atoms in total. The number of carbonyl (C=O) groups is 1. The van der Waals surface area contributed by atoms with E-state index in [1.54, 1.807) is 29.8 Å². The average Bonchev–Trinajstić information content (AvgIpc) is 2.49. The standard InChI is InChI=1S/C16H15BrFNOS/c1-19(10-11-3-6-13(21-2)7-4-11)16(20)14-9-12(18)5-8-15(14)17/h3-9H,10H2,1-2H3. The number of hydrogen-bond donors (Lipinski definition) is 0. The minimum Gasteiger partial charge on any atom is -0.337 e. The molecule has 0 radical (unpaired) electrons. The van der Waals surface area contributed by atoms with Crippen LogP contribution in [-0.2, 0) is 6.54 Å². The van der Waals surface area contributed by atoms with Crippen LogP contribution in [0, 0.1) is 5.82 Å². The van der Waals surface area contributed by atoms with Gasteiger partial charge in [-0.1, -0.05) is 12.1 Å². The molecule has 0 fully saturated rings. The van der Waals surface area contributed by atoms with Gasteiger partial charge in [0.25, 0.3) is 5.91 Å². The van der Waals surface area contributed by atoms with Gasteiger partial charge in [-0.2, -0.15) is 0 Å². The molecule has 0 aliphatic carbocycles. The van der Waals surface area contributed by atoms with Gasteiger partial charge in [0.1, 0.15) is 5.82 Å². The molecule has 0 heterocycles. The highest BCUT2D eigenvalue weighted by atomic mass is 79.9. The van der Waals surface area contributed by atoms with E-state index in [-0.39, 0.29) is 5.91 Å². The Kier molecular flexibility index (Phi) is 5.42. The van der Waals surface area contributed by atoms with E-state index in [4.69, 9.17) is 0 Å². The topological polar surface area (TPSA) is 20.3 Å². The van der Waals surface area contributed by atoms with Gasteiger partial charge in [0, 0.05) is 23.0 Å². The van der Waals surface area contributed by atoms with Gasteiger partial charge < -0.3 is 4.90 Å². The first-order chi connectivity index (χ1) is 10.0. The van der Waals surface area contributed by atoms with Gasteiger partial charge in [-0.15, -0.1) is 11.8 Å². The minimum absolute atomic E-state index is 0.213. The van der Waals surface area contributed by atoms with Crippen molar-refractivity contribution in [2.45, 2.75) is 11.4 Å². The molecule has 0 aromatic heterocycles. The zero-order chi connectivity index (χ0) is 15.4. The molecular formula is C16H15BrFNOS. The van der Waals surface area contributed by atoms with Crippen molar-refractivity contribution in [1.29, 1.82) is 0 Å². The molecule has 21 heavy (non-hydrogen) atoms. The van der Waals surface area contributed by atoms with Crippen molar-refractivity contribution in [2.24, 2.45) is 0 Å². The summed E-state index contributed by atoms with van der Waals surface area (Å²) in [5.74, 6) is -0.630. The van der Waals surface area contributed by atoms with Crippen molar-refractivity contribution < 1.29 is 9.18 Å². The van der Waals surface area contributed by atoms with Gasteiger partial charge in [0.2, 0.25) is 0 Å². The quantitative estimate of drug-likeness (QED) is 0.737. The number of thioether (sulfide) groups is 1. The van der Waals surface area contributed by atoms with Gasteiger partial charge >= 0.3 is 0 Å². The van der Waals surface area contributed by atoms with Crippen molar-refractivity contribution in [2.75, 3.05) is 13.3 Å². The first-order valence-electron chi connectivity index (χ1n) is 6.34. The molecule has 0 N–H and O–H groups in total. The number of hydrogen-bond acceptors (Lipinski definition) is 2. The fourth-order valence-electron chi connectivity index (χ4n) is 1.94. The highest BCUT2D eigenvalue weighted by Gasteiger charge is 2.16. The van der Waals surface area contributed by atoms with Gasteiger partial charge in [-0.3, -0.25) is 4.79 Å². The molecule has 2 rings (SSSR count). The fourth-order valence-corrected chi connectivity index (χ4v) is 2.77. The summed E-state index contributed by atoms with van der Waals surface area (Å²) in [7, 11) is 1.71. The van der Waals surface area contributed by atoms with Gasteiger partial charge in [-0.05, 0) is 58.1 Å². The minimum atomic E-state index is -0.417. The number of nitrogens with zero attached hydrogens (tertiary/aromatic N) is 1. The summed E-state index contributed by atoms with van der Waals surface area (Å²) in [5, 5.41) is 0. The molecule has 0 bridgehead atoms. The summed E-state index contributed by atoms with van der Waals surface area (Å²) in [5.41, 5.74) is 1.37. The van der Waals surface area contributed by atoms with E-state index in [0.29, 0.717) is 16.6 Å². The Morgan fingerprint density at radius 1 is 1.24 bits per heavy atom. The molecule has 0 spiro atoms. The summed E-state index contributed by atoms with van der Waals surface area (Å²) >= 11 is 4.96. The Bertz CT molecular complexity index is 645. The Balaban J connectivity index is 2.13. The first-order valence-corrected chi connectivity index (χ1v) is 8.36. The number of benzene rings is 2. The number of rotatable bonds is 4. The van der Waals surface area contributed by atoms with Gasteiger partial charge in [0.15, 0.2) is 0 Å². The van der Waals surface area contributed by atoms with Crippen LogP contribution >= 0.6 is 27.7 Å². The van der Waals surface area contributed by atoms with Crippen LogP contribution in [-0.4, -0.2) is 24.1 Å². The second-order valence-electron chi connectivity index (χ2n) is 4.63. The maximum Gasteiger partial charge on any atom is 0.255 e. The maximum atomic E-state index is 13.3. The van der Waals surface area contributed by atoms with E-state index < -0.39 is 5.82 Å². The highest BCUT2D eigenvalue weighted by Crippen LogP contribution is 2.21. The third-order valence-corrected chi connectivity index (χ3v) is 4.52. The van der Waals surface area contributed by atoms with E-state index in [1.807, 2.05) is 30.5 Å². The largest absolute Gasteiger partial charge is 0.337 e. The van der Waals surface area contributed by atoms with Gasteiger partial charge in [-0.25, -0.2) is 4.39 Å². The van der Waals surface area contributed by atoms with E-state index in [9.17, 15) is 9.18 Å². The van der Waals surface area contributed by atoms with E-state index in [2.05, 4.69) is 15.9 Å². The summed E-state index contributed by atoms with van der Waals surface area (Å²) in [6.07, 6.45) is 2.02. The highest BCUT2D eigenvalue weighted by molar-refractivity contribution is 9.10. The lowest BCUT2D eigenvalue weighted by atomic mass is 10.1. The Hall–Kier alpha value is -1.33. The molecule has 0 aliphatic rings. The van der Waals surface area contributed by atoms with Crippen LogP contribution in [0.15, 0.2) is 51.8 Å². The summed E-state index contributed by atoms with van der Waals surface area (Å²) in [4.78, 5) is 15.1. The second kappa shape index (κ2) is 7.09. The smallest absolute Gasteiger partial charge is 0.255 e. The van der Waals surface area contributed by atoms with Crippen molar-refractivity contribution in [3.8, 4) is 0 Å². The van der Waals surface area contributed by atoms with Crippen LogP contribution in [0.5, 0.6) is 0 Å². The fraction of sp³-hybridized carbons (Fsp3) is 0.188. The lowest BCUT2D eigenvalue weighted by Crippen LogP contribution is -2.26. The number of carbonyl (C=O) groups excluding carboxylic acids is 1. The Labute approximate surface area is 136 Å². The molecule has 110 valence electrons. The molecule has 1 amide bonds. The molecule has 0 aliphatic heterocycles. The zero-order valence-electron chi connectivity index (χ0n) is 11.8. The van der Waals surface area contributed by atoms with Crippen molar-refractivity contribution >= 4 is 33.6 Å². The third kappa shape index (κ3) is 4.08. The molecule has 0 unspecified atom stereocenters. The maximum absolute atomic E-state index is 13.3. The predicted molar refractivity (Wildman–Crippen MR) is 88.1 cm³/mol. The number of halogens is 2.